The van der Waals surface area contributed by atoms with E-state index in [-0.39, 0.29) is 30.4 Å². The molecule has 0 heterocycles. The highest BCUT2D eigenvalue weighted by molar-refractivity contribution is 5.97. The van der Waals surface area contributed by atoms with Crippen molar-refractivity contribution in [3.63, 3.8) is 0 Å². The molecule has 156 valence electrons. The maximum atomic E-state index is 12.3. The summed E-state index contributed by atoms with van der Waals surface area (Å²) >= 11 is 0. The van der Waals surface area contributed by atoms with Gasteiger partial charge in [-0.15, -0.1) is 0 Å². The molecule has 1 aromatic rings. The van der Waals surface area contributed by atoms with Crippen molar-refractivity contribution in [2.24, 2.45) is 11.7 Å². The Labute approximate surface area is 165 Å². The monoisotopic (exact) mass is 393 g/mol. The molecule has 0 saturated carbocycles. The van der Waals surface area contributed by atoms with Gasteiger partial charge in [-0.3, -0.25) is 9.59 Å². The first-order valence-corrected chi connectivity index (χ1v) is 9.26. The predicted octanol–water partition coefficient (Wildman–Crippen LogP) is 0.559. The van der Waals surface area contributed by atoms with E-state index in [1.807, 2.05) is 13.8 Å². The molecule has 9 heteroatoms. The third-order valence-corrected chi connectivity index (χ3v) is 4.02. The van der Waals surface area contributed by atoms with E-state index in [1.165, 1.54) is 0 Å². The summed E-state index contributed by atoms with van der Waals surface area (Å²) in [5.74, 6) is -0.440. The van der Waals surface area contributed by atoms with Crippen LogP contribution < -0.4 is 27.0 Å². The Hall–Kier alpha value is -2.65. The van der Waals surface area contributed by atoms with E-state index in [2.05, 4.69) is 21.3 Å². The first kappa shape index (κ1) is 23.4. The second-order valence-corrected chi connectivity index (χ2v) is 6.72. The van der Waals surface area contributed by atoms with Gasteiger partial charge in [-0.25, -0.2) is 4.79 Å². The molecule has 0 saturated heterocycles. The van der Waals surface area contributed by atoms with E-state index in [1.54, 1.807) is 38.2 Å². The van der Waals surface area contributed by atoms with Crippen LogP contribution in [0.4, 0.5) is 10.5 Å². The fourth-order valence-corrected chi connectivity index (χ4v) is 2.44. The zero-order valence-electron chi connectivity index (χ0n) is 16.9. The SMILES string of the molecule is CN[C@H](C(=O)NC(C)C(=O)Nc1ccc(COC(=O)NCCN)cc1)C(C)C. The summed E-state index contributed by atoms with van der Waals surface area (Å²) in [5, 5.41) is 10.9. The molecule has 3 amide bonds. The minimum atomic E-state index is -0.684. The Morgan fingerprint density at radius 2 is 1.71 bits per heavy atom. The maximum absolute atomic E-state index is 12.3. The largest absolute Gasteiger partial charge is 0.445 e. The summed E-state index contributed by atoms with van der Waals surface area (Å²) in [6.45, 7) is 6.29. The molecule has 0 spiro atoms. The topological polar surface area (TPSA) is 135 Å². The number of amides is 3. The summed E-state index contributed by atoms with van der Waals surface area (Å²) in [7, 11) is 1.71. The summed E-state index contributed by atoms with van der Waals surface area (Å²) in [4.78, 5) is 35.9. The van der Waals surface area contributed by atoms with Crippen LogP contribution in [0, 0.1) is 5.92 Å². The number of hydrogen-bond acceptors (Lipinski definition) is 6. The van der Waals surface area contributed by atoms with Gasteiger partial charge in [0.1, 0.15) is 12.6 Å². The van der Waals surface area contributed by atoms with Gasteiger partial charge in [-0.2, -0.15) is 0 Å². The van der Waals surface area contributed by atoms with Gasteiger partial charge in [-0.05, 0) is 37.6 Å². The standard InChI is InChI=1S/C19H31N5O4/c1-12(2)16(21-4)18(26)23-13(3)17(25)24-15-7-5-14(6-8-15)11-28-19(27)22-10-9-20/h5-8,12-13,16,21H,9-11,20H2,1-4H3,(H,22,27)(H,23,26)(H,24,25)/t13?,16-/m0/s1. The van der Waals surface area contributed by atoms with Gasteiger partial charge in [0, 0.05) is 18.8 Å². The van der Waals surface area contributed by atoms with Crippen LogP contribution in [0.15, 0.2) is 24.3 Å². The molecule has 1 aromatic carbocycles. The van der Waals surface area contributed by atoms with Crippen LogP contribution in [0.3, 0.4) is 0 Å². The first-order valence-electron chi connectivity index (χ1n) is 9.26. The Morgan fingerprint density at radius 1 is 1.07 bits per heavy atom. The average Bonchev–Trinajstić information content (AvgIpc) is 2.65. The van der Waals surface area contributed by atoms with Crippen LogP contribution in [-0.4, -0.2) is 50.1 Å². The smallest absolute Gasteiger partial charge is 0.407 e. The lowest BCUT2D eigenvalue weighted by Gasteiger charge is -2.22. The summed E-state index contributed by atoms with van der Waals surface area (Å²) in [5.41, 5.74) is 6.65. The third kappa shape index (κ3) is 7.93. The number of nitrogens with two attached hydrogens (primary N) is 1. The molecule has 0 aliphatic heterocycles. The summed E-state index contributed by atoms with van der Waals surface area (Å²) in [6.07, 6.45) is -0.534. The fourth-order valence-electron chi connectivity index (χ4n) is 2.44. The quantitative estimate of drug-likeness (QED) is 0.394. The molecule has 0 bridgehead atoms. The molecule has 0 fully saturated rings. The van der Waals surface area contributed by atoms with Crippen LogP contribution in [0.25, 0.3) is 0 Å². The van der Waals surface area contributed by atoms with Gasteiger partial charge in [0.05, 0.1) is 6.04 Å². The predicted molar refractivity (Wildman–Crippen MR) is 108 cm³/mol. The van der Waals surface area contributed by atoms with Crippen LogP contribution in [-0.2, 0) is 20.9 Å². The van der Waals surface area contributed by atoms with E-state index in [0.717, 1.165) is 5.56 Å². The maximum Gasteiger partial charge on any atom is 0.407 e. The second-order valence-electron chi connectivity index (χ2n) is 6.72. The minimum absolute atomic E-state index is 0.104. The van der Waals surface area contributed by atoms with Gasteiger partial charge in [0.15, 0.2) is 0 Å². The highest BCUT2D eigenvalue weighted by Crippen LogP contribution is 2.11. The van der Waals surface area contributed by atoms with Gasteiger partial charge in [0.2, 0.25) is 11.8 Å². The molecular weight excluding hydrogens is 362 g/mol. The highest BCUT2D eigenvalue weighted by atomic mass is 16.5. The minimum Gasteiger partial charge on any atom is -0.445 e. The van der Waals surface area contributed by atoms with E-state index in [9.17, 15) is 14.4 Å². The molecule has 2 atom stereocenters. The Morgan fingerprint density at radius 3 is 2.25 bits per heavy atom. The Balaban J connectivity index is 2.51. The molecule has 1 rings (SSSR count). The van der Waals surface area contributed by atoms with Crippen molar-refractivity contribution in [3.05, 3.63) is 29.8 Å². The van der Waals surface area contributed by atoms with E-state index >= 15 is 0 Å². The Kier molecular flexibility index (Phi) is 9.97. The van der Waals surface area contributed by atoms with Crippen molar-refractivity contribution in [1.82, 2.24) is 16.0 Å². The molecule has 28 heavy (non-hydrogen) atoms. The van der Waals surface area contributed by atoms with Crippen LogP contribution in [0.1, 0.15) is 26.3 Å². The van der Waals surface area contributed by atoms with Crippen molar-refractivity contribution in [2.75, 3.05) is 25.5 Å². The lowest BCUT2D eigenvalue weighted by atomic mass is 10.0. The molecule has 0 aromatic heterocycles. The van der Waals surface area contributed by atoms with Crippen molar-refractivity contribution < 1.29 is 19.1 Å². The van der Waals surface area contributed by atoms with E-state index in [4.69, 9.17) is 10.5 Å². The number of benzene rings is 1. The normalized spacial score (nSPS) is 12.8. The fraction of sp³-hybridized carbons (Fsp3) is 0.526. The highest BCUT2D eigenvalue weighted by Gasteiger charge is 2.23. The van der Waals surface area contributed by atoms with Gasteiger partial charge in [-0.1, -0.05) is 26.0 Å². The molecule has 0 aliphatic carbocycles. The third-order valence-electron chi connectivity index (χ3n) is 4.02. The number of alkyl carbamates (subject to hydrolysis) is 1. The second kappa shape index (κ2) is 11.9. The van der Waals surface area contributed by atoms with Crippen molar-refractivity contribution >= 4 is 23.6 Å². The number of rotatable bonds is 10. The molecule has 1 unspecified atom stereocenters. The number of ether oxygens (including phenoxy) is 1. The Bertz CT molecular complexity index is 648. The van der Waals surface area contributed by atoms with Crippen LogP contribution in [0.5, 0.6) is 0 Å². The number of carbonyl (C=O) groups is 3. The number of hydrogen-bond donors (Lipinski definition) is 5. The molecule has 0 aliphatic rings. The van der Waals surface area contributed by atoms with Crippen LogP contribution in [0.2, 0.25) is 0 Å². The van der Waals surface area contributed by atoms with E-state index in [0.29, 0.717) is 18.8 Å². The number of carbonyl (C=O) groups excluding carboxylic acids is 3. The average molecular weight is 393 g/mol. The van der Waals surface area contributed by atoms with Gasteiger partial charge < -0.3 is 31.7 Å². The first-order chi connectivity index (χ1) is 13.3. The molecular formula is C19H31N5O4. The van der Waals surface area contributed by atoms with Gasteiger partial charge in [0.25, 0.3) is 0 Å². The van der Waals surface area contributed by atoms with E-state index < -0.39 is 12.1 Å². The van der Waals surface area contributed by atoms with Crippen molar-refractivity contribution in [1.29, 1.82) is 0 Å². The summed E-state index contributed by atoms with van der Waals surface area (Å²) in [6, 6.07) is 5.84. The number of nitrogens with one attached hydrogen (secondary N) is 4. The lowest BCUT2D eigenvalue weighted by molar-refractivity contribution is -0.128. The van der Waals surface area contributed by atoms with Crippen molar-refractivity contribution in [3.8, 4) is 0 Å². The van der Waals surface area contributed by atoms with Crippen LogP contribution >= 0.6 is 0 Å². The zero-order chi connectivity index (χ0) is 21.1. The number of likely N-dealkylation sites (N-methyl/N-ethyl adjacent to an activating group) is 1. The molecule has 0 radical (unpaired) electrons. The molecule has 9 nitrogen and oxygen atoms in total. The van der Waals surface area contributed by atoms with Crippen molar-refractivity contribution in [2.45, 2.75) is 39.5 Å². The zero-order valence-corrected chi connectivity index (χ0v) is 16.9. The number of anilines is 1. The molecule has 6 N–H and O–H groups in total. The van der Waals surface area contributed by atoms with Gasteiger partial charge >= 0.3 is 6.09 Å². The lowest BCUT2D eigenvalue weighted by Crippen LogP contribution is -2.51. The summed E-state index contributed by atoms with van der Waals surface area (Å²) < 4.78 is 5.04.